The van der Waals surface area contributed by atoms with Crippen LogP contribution in [0.5, 0.6) is 0 Å². The minimum absolute atomic E-state index is 0.0827. The number of thioether (sulfide) groups is 1. The van der Waals surface area contributed by atoms with Gasteiger partial charge in [-0.15, -0.1) is 0 Å². The molecule has 0 bridgehead atoms. The average Bonchev–Trinajstić information content (AvgIpc) is 3.02. The van der Waals surface area contributed by atoms with Gasteiger partial charge in [0.25, 0.3) is 5.91 Å². The average molecular weight is 392 g/mol. The number of hydrogen-bond acceptors (Lipinski definition) is 5. The van der Waals surface area contributed by atoms with Gasteiger partial charge in [-0.3, -0.25) is 14.6 Å². The number of fused-ring (bicyclic) bond motifs is 3. The van der Waals surface area contributed by atoms with Crippen LogP contribution in [0.25, 0.3) is 0 Å². The maximum atomic E-state index is 12.5. The van der Waals surface area contributed by atoms with Crippen molar-refractivity contribution in [3.63, 3.8) is 0 Å². The lowest BCUT2D eigenvalue weighted by atomic mass is 10.1. The van der Waals surface area contributed by atoms with Crippen molar-refractivity contribution in [1.82, 2.24) is 10.2 Å². The van der Waals surface area contributed by atoms with E-state index in [1.54, 1.807) is 6.92 Å². The zero-order valence-electron chi connectivity index (χ0n) is 15.5. The molecule has 2 aliphatic heterocycles. The fourth-order valence-electron chi connectivity index (χ4n) is 3.14. The molecule has 0 saturated carbocycles. The van der Waals surface area contributed by atoms with Gasteiger partial charge in [0, 0.05) is 12.1 Å². The monoisotopic (exact) mass is 392 g/mol. The van der Waals surface area contributed by atoms with Crippen LogP contribution in [0.1, 0.15) is 18.1 Å². The SMILES string of the molecule is C[C@@H]1N=C2c3ccccc3N=C(SCC(=O)NCCc3ccccc3)N2C1=O. The van der Waals surface area contributed by atoms with Crippen LogP contribution in [0.4, 0.5) is 5.69 Å². The summed E-state index contributed by atoms with van der Waals surface area (Å²) < 4.78 is 0. The molecule has 0 spiro atoms. The first-order valence-electron chi connectivity index (χ1n) is 9.17. The molecule has 0 fully saturated rings. The van der Waals surface area contributed by atoms with Gasteiger partial charge < -0.3 is 5.32 Å². The summed E-state index contributed by atoms with van der Waals surface area (Å²) in [6.45, 7) is 2.35. The van der Waals surface area contributed by atoms with E-state index in [4.69, 9.17) is 0 Å². The van der Waals surface area contributed by atoms with Gasteiger partial charge in [-0.1, -0.05) is 54.2 Å². The van der Waals surface area contributed by atoms with E-state index in [-0.39, 0.29) is 17.6 Å². The number of nitrogens with zero attached hydrogens (tertiary/aromatic N) is 3. The highest BCUT2D eigenvalue weighted by atomic mass is 32.2. The molecule has 0 radical (unpaired) electrons. The molecule has 7 heteroatoms. The molecule has 2 aromatic carbocycles. The zero-order valence-corrected chi connectivity index (χ0v) is 16.3. The smallest absolute Gasteiger partial charge is 0.258 e. The fourth-order valence-corrected chi connectivity index (χ4v) is 3.98. The molecule has 1 N–H and O–H groups in total. The maximum absolute atomic E-state index is 12.5. The molecule has 2 aliphatic rings. The fraction of sp³-hybridized carbons (Fsp3) is 0.238. The molecular weight excluding hydrogens is 372 g/mol. The molecule has 0 aromatic heterocycles. The van der Waals surface area contributed by atoms with Crippen LogP contribution < -0.4 is 5.32 Å². The van der Waals surface area contributed by atoms with Gasteiger partial charge in [0.2, 0.25) is 5.91 Å². The lowest BCUT2D eigenvalue weighted by Crippen LogP contribution is -2.41. The Balaban J connectivity index is 1.40. The summed E-state index contributed by atoms with van der Waals surface area (Å²) >= 11 is 1.26. The third kappa shape index (κ3) is 3.71. The summed E-state index contributed by atoms with van der Waals surface area (Å²) in [7, 11) is 0. The van der Waals surface area contributed by atoms with Crippen LogP contribution in [-0.4, -0.2) is 46.1 Å². The van der Waals surface area contributed by atoms with Crippen LogP contribution in [-0.2, 0) is 16.0 Å². The van der Waals surface area contributed by atoms with Crippen LogP contribution in [0.2, 0.25) is 0 Å². The Hall–Kier alpha value is -2.93. The second-order valence-electron chi connectivity index (χ2n) is 6.59. The van der Waals surface area contributed by atoms with Crippen LogP contribution in [0.3, 0.4) is 0 Å². The number of benzene rings is 2. The third-order valence-corrected chi connectivity index (χ3v) is 5.51. The number of carbonyl (C=O) groups is 2. The highest BCUT2D eigenvalue weighted by molar-refractivity contribution is 8.14. The van der Waals surface area contributed by atoms with Crippen molar-refractivity contribution in [2.45, 2.75) is 19.4 Å². The summed E-state index contributed by atoms with van der Waals surface area (Å²) in [5.74, 6) is 0.623. The number of carbonyl (C=O) groups excluding carboxylic acids is 2. The summed E-state index contributed by atoms with van der Waals surface area (Å²) in [5, 5.41) is 3.43. The lowest BCUT2D eigenvalue weighted by Gasteiger charge is -2.25. The zero-order chi connectivity index (χ0) is 19.5. The molecule has 0 aliphatic carbocycles. The van der Waals surface area contributed by atoms with Gasteiger partial charge in [0.1, 0.15) is 11.9 Å². The topological polar surface area (TPSA) is 74.1 Å². The molecular formula is C21H20N4O2S. The number of aliphatic imine (C=N–C) groups is 2. The van der Waals surface area contributed by atoms with Crippen molar-refractivity contribution >= 4 is 40.3 Å². The number of nitrogens with one attached hydrogen (secondary N) is 1. The summed E-state index contributed by atoms with van der Waals surface area (Å²) in [5.41, 5.74) is 2.80. The molecule has 2 aromatic rings. The van der Waals surface area contributed by atoms with Gasteiger partial charge in [0.05, 0.1) is 11.4 Å². The maximum Gasteiger partial charge on any atom is 0.258 e. The van der Waals surface area contributed by atoms with E-state index in [0.29, 0.717) is 17.5 Å². The number of rotatable bonds is 5. The molecule has 2 heterocycles. The number of para-hydroxylation sites is 1. The Bertz CT molecular complexity index is 971. The first-order chi connectivity index (χ1) is 13.6. The van der Waals surface area contributed by atoms with E-state index < -0.39 is 6.04 Å². The summed E-state index contributed by atoms with van der Waals surface area (Å²) in [6, 6.07) is 17.2. The molecule has 2 amide bonds. The normalized spacial score (nSPS) is 17.5. The highest BCUT2D eigenvalue weighted by Gasteiger charge is 2.39. The van der Waals surface area contributed by atoms with Crippen molar-refractivity contribution in [3.05, 3.63) is 65.7 Å². The van der Waals surface area contributed by atoms with Gasteiger partial charge in [-0.25, -0.2) is 9.89 Å². The molecule has 6 nitrogen and oxygen atoms in total. The van der Waals surface area contributed by atoms with Crippen LogP contribution in [0.15, 0.2) is 64.6 Å². The Kier molecular flexibility index (Phi) is 5.25. The van der Waals surface area contributed by atoms with Gasteiger partial charge in [0.15, 0.2) is 5.17 Å². The van der Waals surface area contributed by atoms with E-state index in [1.165, 1.54) is 22.2 Å². The summed E-state index contributed by atoms with van der Waals surface area (Å²) in [6.07, 6.45) is 0.782. The van der Waals surface area contributed by atoms with Crippen molar-refractivity contribution in [3.8, 4) is 0 Å². The Morgan fingerprint density at radius 2 is 1.89 bits per heavy atom. The molecule has 0 unspecified atom stereocenters. The van der Waals surface area contributed by atoms with E-state index in [0.717, 1.165) is 17.7 Å². The summed E-state index contributed by atoms with van der Waals surface area (Å²) in [4.78, 5) is 35.4. The van der Waals surface area contributed by atoms with E-state index in [9.17, 15) is 9.59 Å². The van der Waals surface area contributed by atoms with E-state index in [1.807, 2.05) is 54.6 Å². The quantitative estimate of drug-likeness (QED) is 0.850. The van der Waals surface area contributed by atoms with Crippen LogP contribution in [0, 0.1) is 0 Å². The second-order valence-corrected chi connectivity index (χ2v) is 7.53. The van der Waals surface area contributed by atoms with E-state index >= 15 is 0 Å². The van der Waals surface area contributed by atoms with Crippen molar-refractivity contribution in [2.24, 2.45) is 9.98 Å². The van der Waals surface area contributed by atoms with Gasteiger partial charge >= 0.3 is 0 Å². The number of amides is 2. The van der Waals surface area contributed by atoms with Gasteiger partial charge in [-0.2, -0.15) is 0 Å². The molecule has 142 valence electrons. The Morgan fingerprint density at radius 3 is 2.71 bits per heavy atom. The third-order valence-electron chi connectivity index (χ3n) is 4.57. The Labute approximate surface area is 167 Å². The highest BCUT2D eigenvalue weighted by Crippen LogP contribution is 2.33. The number of amidine groups is 2. The minimum Gasteiger partial charge on any atom is -0.355 e. The van der Waals surface area contributed by atoms with Crippen LogP contribution >= 0.6 is 11.8 Å². The predicted molar refractivity (Wildman–Crippen MR) is 112 cm³/mol. The second kappa shape index (κ2) is 7.98. The minimum atomic E-state index is -0.438. The number of hydrogen-bond donors (Lipinski definition) is 1. The first-order valence-corrected chi connectivity index (χ1v) is 10.2. The largest absolute Gasteiger partial charge is 0.355 e. The van der Waals surface area contributed by atoms with Crippen molar-refractivity contribution in [2.75, 3.05) is 12.3 Å². The van der Waals surface area contributed by atoms with Crippen molar-refractivity contribution < 1.29 is 9.59 Å². The predicted octanol–water partition coefficient (Wildman–Crippen LogP) is 2.76. The standard InChI is InChI=1S/C21H20N4O2S/c1-14-20(27)25-19(23-14)16-9-5-6-10-17(16)24-21(25)28-13-18(26)22-12-11-15-7-3-2-4-8-15/h2-10,14H,11-13H2,1H3,(H,22,26)/t14-/m0/s1. The molecule has 28 heavy (non-hydrogen) atoms. The van der Waals surface area contributed by atoms with Crippen molar-refractivity contribution in [1.29, 1.82) is 0 Å². The lowest BCUT2D eigenvalue weighted by molar-refractivity contribution is -0.124. The first kappa shape index (κ1) is 18.4. The molecule has 0 saturated heterocycles. The molecule has 1 atom stereocenters. The van der Waals surface area contributed by atoms with E-state index in [2.05, 4.69) is 15.3 Å². The van der Waals surface area contributed by atoms with Gasteiger partial charge in [-0.05, 0) is 31.0 Å². The molecule has 4 rings (SSSR count). The Morgan fingerprint density at radius 1 is 1.14 bits per heavy atom.